The molecule has 2 aliphatic heterocycles. The first-order chi connectivity index (χ1) is 15.7. The van der Waals surface area contributed by atoms with E-state index in [-0.39, 0.29) is 35.5 Å². The summed E-state index contributed by atoms with van der Waals surface area (Å²) in [5.41, 5.74) is 0.344. The number of halogens is 4. The van der Waals surface area contributed by atoms with Gasteiger partial charge >= 0.3 is 6.18 Å². The van der Waals surface area contributed by atoms with Gasteiger partial charge in [0.2, 0.25) is 0 Å². The van der Waals surface area contributed by atoms with Gasteiger partial charge in [0.25, 0.3) is 5.91 Å². The minimum absolute atomic E-state index is 0.0981. The average Bonchev–Trinajstić information content (AvgIpc) is 3.50. The van der Waals surface area contributed by atoms with Crippen LogP contribution in [0.15, 0.2) is 36.9 Å². The predicted molar refractivity (Wildman–Crippen MR) is 108 cm³/mol. The number of hydrogen-bond donors (Lipinski definition) is 1. The first-order valence-electron chi connectivity index (χ1n) is 10.4. The molecule has 0 aromatic carbocycles. The van der Waals surface area contributed by atoms with E-state index in [1.165, 1.54) is 17.2 Å². The molecule has 172 valence electrons. The van der Waals surface area contributed by atoms with Crippen LogP contribution in [0.1, 0.15) is 40.9 Å². The summed E-state index contributed by atoms with van der Waals surface area (Å²) in [5.74, 6) is -1.64. The van der Waals surface area contributed by atoms with Crippen molar-refractivity contribution in [2.24, 2.45) is 0 Å². The second kappa shape index (κ2) is 7.78. The van der Waals surface area contributed by atoms with Crippen molar-refractivity contribution in [3.8, 4) is 5.69 Å². The van der Waals surface area contributed by atoms with E-state index >= 15 is 0 Å². The van der Waals surface area contributed by atoms with E-state index in [2.05, 4.69) is 25.5 Å². The van der Waals surface area contributed by atoms with Crippen LogP contribution in [0.25, 0.3) is 5.69 Å². The lowest BCUT2D eigenvalue weighted by molar-refractivity contribution is -0.138. The minimum atomic E-state index is -4.68. The Morgan fingerprint density at radius 3 is 2.58 bits per heavy atom. The highest BCUT2D eigenvalue weighted by molar-refractivity contribution is 5.96. The fourth-order valence-electron chi connectivity index (χ4n) is 4.67. The maximum absolute atomic E-state index is 14.3. The molecule has 33 heavy (non-hydrogen) atoms. The number of carbonyl (C=O) groups is 1. The van der Waals surface area contributed by atoms with Gasteiger partial charge in [-0.15, -0.1) is 4.80 Å². The summed E-state index contributed by atoms with van der Waals surface area (Å²) in [6.07, 6.45) is 2.50. The van der Waals surface area contributed by atoms with Gasteiger partial charge in [-0.1, -0.05) is 0 Å². The number of carbonyl (C=O) groups excluding carboxylic acids is 1. The molecule has 2 bridgehead atoms. The predicted octanol–water partition coefficient (Wildman–Crippen LogP) is 3.38. The molecule has 0 unspecified atom stereocenters. The molecule has 1 amide bonds. The molecule has 0 aliphatic carbocycles. The van der Waals surface area contributed by atoms with Crippen molar-refractivity contribution in [3.63, 3.8) is 0 Å². The first kappa shape index (κ1) is 21.3. The molecule has 0 radical (unpaired) electrons. The highest BCUT2D eigenvalue weighted by Crippen LogP contribution is 2.40. The Morgan fingerprint density at radius 2 is 1.88 bits per heavy atom. The van der Waals surface area contributed by atoms with Gasteiger partial charge in [-0.05, 0) is 43.9 Å². The lowest BCUT2D eigenvalue weighted by atomic mass is 9.95. The van der Waals surface area contributed by atoms with Crippen LogP contribution < -0.4 is 5.32 Å². The third kappa shape index (κ3) is 3.79. The highest BCUT2D eigenvalue weighted by atomic mass is 19.4. The van der Waals surface area contributed by atoms with E-state index in [1.54, 1.807) is 17.2 Å². The zero-order valence-corrected chi connectivity index (χ0v) is 17.4. The molecule has 0 spiro atoms. The molecule has 0 saturated carbocycles. The number of nitrogens with one attached hydrogen (secondary N) is 1. The van der Waals surface area contributed by atoms with Gasteiger partial charge in [0.15, 0.2) is 17.3 Å². The third-order valence-corrected chi connectivity index (χ3v) is 6.10. The number of hydrogen-bond acceptors (Lipinski definition) is 6. The summed E-state index contributed by atoms with van der Waals surface area (Å²) in [6.45, 7) is 1.85. The van der Waals surface area contributed by atoms with Gasteiger partial charge in [0.05, 0.1) is 30.0 Å². The first-order valence-corrected chi connectivity index (χ1v) is 10.4. The molecular weight excluding hydrogens is 442 g/mol. The van der Waals surface area contributed by atoms with Crippen LogP contribution in [0.4, 0.5) is 23.4 Å². The van der Waals surface area contributed by atoms with Crippen molar-refractivity contribution in [2.45, 2.75) is 50.5 Å². The van der Waals surface area contributed by atoms with Crippen LogP contribution in [0.2, 0.25) is 0 Å². The molecule has 2 saturated heterocycles. The van der Waals surface area contributed by atoms with Crippen molar-refractivity contribution in [1.29, 1.82) is 0 Å². The van der Waals surface area contributed by atoms with E-state index in [0.29, 0.717) is 30.8 Å². The van der Waals surface area contributed by atoms with Gasteiger partial charge in [0, 0.05) is 18.4 Å². The Hall–Kier alpha value is -3.57. The molecule has 3 aromatic heterocycles. The molecule has 2 fully saturated rings. The number of aromatic nitrogens is 5. The molecule has 1 N–H and O–H groups in total. The molecule has 2 aliphatic rings. The maximum Gasteiger partial charge on any atom is 0.417 e. The second-order valence-corrected chi connectivity index (χ2v) is 8.25. The molecule has 12 heteroatoms. The van der Waals surface area contributed by atoms with Crippen LogP contribution in [-0.2, 0) is 6.18 Å². The number of pyridine rings is 2. The normalized spacial score (nSPS) is 22.1. The standard InChI is InChI=1S/C21H19F4N7O/c1-11-6-17(32-28-4-5-29-32)18(26-9-11)20(33)31-13-2-3-16(31)15(8-13)30-19-14(22)7-12(10-27-19)21(23,24)25/h4-7,9-10,13,15-16H,2-3,8H2,1H3,(H,27,30)/t13-,15-,16+/m1/s1. The summed E-state index contributed by atoms with van der Waals surface area (Å²) in [4.78, 5) is 24.5. The van der Waals surface area contributed by atoms with Gasteiger partial charge < -0.3 is 10.2 Å². The van der Waals surface area contributed by atoms with Crippen molar-refractivity contribution >= 4 is 11.7 Å². The highest BCUT2D eigenvalue weighted by Gasteiger charge is 2.49. The maximum atomic E-state index is 14.3. The SMILES string of the molecule is Cc1cnc(C(=O)N2[C@@H]3CC[C@H]2[C@H](Nc2ncc(C(F)(F)F)cc2F)C3)c(-n2nccn2)c1. The average molecular weight is 461 g/mol. The summed E-state index contributed by atoms with van der Waals surface area (Å²) >= 11 is 0. The van der Waals surface area contributed by atoms with Crippen LogP contribution in [0.5, 0.6) is 0 Å². The monoisotopic (exact) mass is 461 g/mol. The Balaban J connectivity index is 1.39. The van der Waals surface area contributed by atoms with Crippen molar-refractivity contribution in [1.82, 2.24) is 29.9 Å². The number of aryl methyl sites for hydroxylation is 1. The van der Waals surface area contributed by atoms with E-state index in [4.69, 9.17) is 0 Å². The van der Waals surface area contributed by atoms with Gasteiger partial charge in [-0.25, -0.2) is 14.4 Å². The summed E-state index contributed by atoms with van der Waals surface area (Å²) < 4.78 is 52.7. The van der Waals surface area contributed by atoms with E-state index < -0.39 is 17.6 Å². The number of rotatable bonds is 4. The summed E-state index contributed by atoms with van der Waals surface area (Å²) in [7, 11) is 0. The number of fused-ring (bicyclic) bond motifs is 2. The van der Waals surface area contributed by atoms with Gasteiger partial charge in [-0.2, -0.15) is 23.4 Å². The Bertz CT molecular complexity index is 1200. The topological polar surface area (TPSA) is 88.8 Å². The zero-order valence-electron chi connectivity index (χ0n) is 17.4. The van der Waals surface area contributed by atoms with Gasteiger partial charge in [0.1, 0.15) is 5.69 Å². The lowest BCUT2D eigenvalue weighted by Crippen LogP contribution is -2.41. The van der Waals surface area contributed by atoms with Crippen LogP contribution in [0.3, 0.4) is 0 Å². The molecule has 3 atom stereocenters. The second-order valence-electron chi connectivity index (χ2n) is 8.25. The number of amides is 1. The Kier molecular flexibility index (Phi) is 5.02. The van der Waals surface area contributed by atoms with Crippen molar-refractivity contribution in [2.75, 3.05) is 5.32 Å². The largest absolute Gasteiger partial charge is 0.417 e. The molecule has 5 rings (SSSR count). The van der Waals surface area contributed by atoms with Crippen molar-refractivity contribution < 1.29 is 22.4 Å². The quantitative estimate of drug-likeness (QED) is 0.600. The van der Waals surface area contributed by atoms with Crippen LogP contribution >= 0.6 is 0 Å². The summed E-state index contributed by atoms with van der Waals surface area (Å²) in [6, 6.07) is 1.48. The van der Waals surface area contributed by atoms with E-state index in [1.807, 2.05) is 6.92 Å². The minimum Gasteiger partial charge on any atom is -0.363 e. The van der Waals surface area contributed by atoms with Crippen LogP contribution in [0, 0.1) is 12.7 Å². The fraction of sp³-hybridized carbons (Fsp3) is 0.381. The smallest absolute Gasteiger partial charge is 0.363 e. The molecule has 8 nitrogen and oxygen atoms in total. The van der Waals surface area contributed by atoms with E-state index in [0.717, 1.165) is 12.0 Å². The number of alkyl halides is 3. The summed E-state index contributed by atoms with van der Waals surface area (Å²) in [5, 5.41) is 11.1. The Labute approximate surface area is 185 Å². The number of anilines is 1. The molecule has 5 heterocycles. The van der Waals surface area contributed by atoms with Gasteiger partial charge in [-0.3, -0.25) is 4.79 Å². The fourth-order valence-corrected chi connectivity index (χ4v) is 4.67. The Morgan fingerprint density at radius 1 is 1.12 bits per heavy atom. The van der Waals surface area contributed by atoms with E-state index in [9.17, 15) is 22.4 Å². The van der Waals surface area contributed by atoms with Crippen molar-refractivity contribution in [3.05, 3.63) is 59.6 Å². The zero-order chi connectivity index (χ0) is 23.3. The molecular formula is C21H19F4N7O. The lowest BCUT2D eigenvalue weighted by Gasteiger charge is -2.26. The van der Waals surface area contributed by atoms with Crippen LogP contribution in [-0.4, -0.2) is 53.9 Å². The molecule has 3 aromatic rings. The third-order valence-electron chi connectivity index (χ3n) is 6.10. The number of nitrogens with zero attached hydrogens (tertiary/aromatic N) is 6.